The molecule has 0 bridgehead atoms. The Morgan fingerprint density at radius 3 is 2.81 bits per heavy atom. The number of rotatable bonds is 6. The maximum absolute atomic E-state index is 12.4. The largest absolute Gasteiger partial charge is 0.507 e. The molecule has 1 aromatic heterocycles. The normalized spacial score (nSPS) is 14.8. The number of carbonyl (C=O) groups is 2. The number of hydrogen-bond donors (Lipinski definition) is 2. The fraction of sp³-hybridized carbons (Fsp3) is 0.375. The molecule has 0 saturated carbocycles. The number of hydrogen-bond acceptors (Lipinski definition) is 6. The van der Waals surface area contributed by atoms with Crippen molar-refractivity contribution in [3.63, 3.8) is 0 Å². The van der Waals surface area contributed by atoms with Crippen LogP contribution in [0.2, 0.25) is 0 Å². The summed E-state index contributed by atoms with van der Waals surface area (Å²) >= 11 is 0. The highest BCUT2D eigenvalue weighted by Gasteiger charge is 2.35. The summed E-state index contributed by atoms with van der Waals surface area (Å²) in [6.07, 6.45) is 0.178. The number of ketones is 1. The number of amides is 1. The van der Waals surface area contributed by atoms with Crippen molar-refractivity contribution in [2.24, 2.45) is 0 Å². The van der Waals surface area contributed by atoms with Crippen molar-refractivity contribution < 1.29 is 24.2 Å². The van der Waals surface area contributed by atoms with Gasteiger partial charge in [0.1, 0.15) is 34.2 Å². The minimum Gasteiger partial charge on any atom is -0.507 e. The number of fused-ring (bicyclic) bond motifs is 2. The third-order valence-electron chi connectivity index (χ3n) is 5.31. The van der Waals surface area contributed by atoms with Gasteiger partial charge in [-0.1, -0.05) is 12.1 Å². The summed E-state index contributed by atoms with van der Waals surface area (Å²) in [5.74, 6) is 0.524. The first-order chi connectivity index (χ1) is 15.1. The predicted octanol–water partition coefficient (Wildman–Crippen LogP) is 3.76. The Kier molecular flexibility index (Phi) is 5.54. The van der Waals surface area contributed by atoms with E-state index in [2.05, 4.69) is 28.7 Å². The lowest BCUT2D eigenvalue weighted by atomic mass is 9.92. The molecule has 4 rings (SSSR count). The van der Waals surface area contributed by atoms with Crippen LogP contribution in [-0.2, 0) is 11.3 Å². The lowest BCUT2D eigenvalue weighted by Gasteiger charge is -2.32. The van der Waals surface area contributed by atoms with Crippen molar-refractivity contribution in [3.05, 3.63) is 47.8 Å². The second-order valence-corrected chi connectivity index (χ2v) is 8.82. The maximum atomic E-state index is 12.4. The summed E-state index contributed by atoms with van der Waals surface area (Å²) in [5.41, 5.74) is 1.37. The van der Waals surface area contributed by atoms with Crippen LogP contribution < -0.4 is 14.8 Å². The van der Waals surface area contributed by atoms with Crippen LogP contribution in [0.5, 0.6) is 17.2 Å². The van der Waals surface area contributed by atoms with Crippen LogP contribution in [0.25, 0.3) is 11.0 Å². The number of nitrogens with zero attached hydrogens (tertiary/aromatic N) is 2. The van der Waals surface area contributed by atoms with Gasteiger partial charge in [0.05, 0.1) is 24.0 Å². The highest BCUT2D eigenvalue weighted by molar-refractivity contribution is 6.03. The van der Waals surface area contributed by atoms with Crippen LogP contribution in [0.15, 0.2) is 36.4 Å². The van der Waals surface area contributed by atoms with E-state index in [1.807, 2.05) is 24.3 Å². The van der Waals surface area contributed by atoms with Crippen molar-refractivity contribution in [1.29, 1.82) is 0 Å². The van der Waals surface area contributed by atoms with E-state index in [0.717, 1.165) is 16.9 Å². The zero-order valence-corrected chi connectivity index (χ0v) is 18.6. The van der Waals surface area contributed by atoms with Crippen LogP contribution in [0.1, 0.15) is 56.3 Å². The molecular formula is C24H27N3O5. The highest BCUT2D eigenvalue weighted by atomic mass is 16.5. The third kappa shape index (κ3) is 4.26. The number of Topliss-reactive ketones (excluding diaryl/α,β-unsaturated/α-hetero) is 1. The first-order valence-electron chi connectivity index (χ1n) is 10.6. The average molecular weight is 437 g/mol. The number of benzene rings is 2. The van der Waals surface area contributed by atoms with Crippen LogP contribution in [0, 0.1) is 0 Å². The summed E-state index contributed by atoms with van der Waals surface area (Å²) in [4.78, 5) is 29.3. The molecule has 1 aliphatic rings. The minimum absolute atomic E-state index is 0.147. The topological polar surface area (TPSA) is 103 Å². The van der Waals surface area contributed by atoms with Gasteiger partial charge >= 0.3 is 0 Å². The number of aromatic nitrogens is 2. The first-order valence-corrected chi connectivity index (χ1v) is 10.6. The zero-order valence-electron chi connectivity index (χ0n) is 18.6. The van der Waals surface area contributed by atoms with Gasteiger partial charge in [-0.15, -0.1) is 0 Å². The van der Waals surface area contributed by atoms with Gasteiger partial charge < -0.3 is 24.5 Å². The quantitative estimate of drug-likeness (QED) is 0.609. The SMILES string of the molecule is CC(C)n1c(CNC(=O)COc2cc(O)c3c(c2)OC(C)(C)CC3=O)nc2ccccc21. The molecule has 0 saturated heterocycles. The number of para-hydroxylation sites is 2. The van der Waals surface area contributed by atoms with E-state index in [4.69, 9.17) is 9.47 Å². The molecule has 0 fully saturated rings. The van der Waals surface area contributed by atoms with Crippen molar-refractivity contribution in [2.75, 3.05) is 6.61 Å². The second-order valence-electron chi connectivity index (χ2n) is 8.82. The molecule has 2 aromatic carbocycles. The number of phenolic OH excluding ortho intramolecular Hbond substituents is 1. The molecule has 168 valence electrons. The van der Waals surface area contributed by atoms with Gasteiger partial charge in [-0.3, -0.25) is 9.59 Å². The number of phenols is 1. The molecular weight excluding hydrogens is 410 g/mol. The molecule has 8 nitrogen and oxygen atoms in total. The van der Waals surface area contributed by atoms with Crippen molar-refractivity contribution in [3.8, 4) is 17.2 Å². The Hall–Kier alpha value is -3.55. The molecule has 0 aliphatic carbocycles. The number of carbonyl (C=O) groups excluding carboxylic acids is 2. The maximum Gasteiger partial charge on any atom is 0.258 e. The molecule has 8 heteroatoms. The van der Waals surface area contributed by atoms with Crippen molar-refractivity contribution in [1.82, 2.24) is 14.9 Å². The van der Waals surface area contributed by atoms with Gasteiger partial charge in [0.2, 0.25) is 0 Å². The number of nitrogens with one attached hydrogen (secondary N) is 1. The van der Waals surface area contributed by atoms with E-state index in [1.165, 1.54) is 12.1 Å². The fourth-order valence-corrected chi connectivity index (χ4v) is 4.00. The molecule has 2 heterocycles. The monoisotopic (exact) mass is 437 g/mol. The van der Waals surface area contributed by atoms with Crippen molar-refractivity contribution >= 4 is 22.7 Å². The van der Waals surface area contributed by atoms with Gasteiger partial charge in [-0.25, -0.2) is 4.98 Å². The lowest BCUT2D eigenvalue weighted by molar-refractivity contribution is -0.123. The zero-order chi connectivity index (χ0) is 23.0. The summed E-state index contributed by atoms with van der Waals surface area (Å²) < 4.78 is 13.5. The number of aromatic hydroxyl groups is 1. The van der Waals surface area contributed by atoms with Gasteiger partial charge in [0.15, 0.2) is 12.4 Å². The molecule has 0 unspecified atom stereocenters. The van der Waals surface area contributed by atoms with Crippen molar-refractivity contribution in [2.45, 2.75) is 52.3 Å². The molecule has 32 heavy (non-hydrogen) atoms. The first kappa shape index (κ1) is 21.7. The van der Waals surface area contributed by atoms with Gasteiger partial charge in [0, 0.05) is 18.2 Å². The van der Waals surface area contributed by atoms with Crippen LogP contribution in [0.3, 0.4) is 0 Å². The van der Waals surface area contributed by atoms with E-state index in [9.17, 15) is 14.7 Å². The smallest absolute Gasteiger partial charge is 0.258 e. The minimum atomic E-state index is -0.672. The van der Waals surface area contributed by atoms with Gasteiger partial charge in [-0.05, 0) is 39.8 Å². The van der Waals surface area contributed by atoms with E-state index >= 15 is 0 Å². The Labute approximate surface area is 186 Å². The predicted molar refractivity (Wildman–Crippen MR) is 119 cm³/mol. The molecule has 0 radical (unpaired) electrons. The standard InChI is InChI=1S/C24H27N3O5/c1-14(2)27-17-8-6-5-7-16(17)26-21(27)12-25-22(30)13-31-15-9-18(28)23-19(29)11-24(3,4)32-20(23)10-15/h5-10,14,28H,11-13H2,1-4H3,(H,25,30). The Morgan fingerprint density at radius 2 is 2.06 bits per heavy atom. The summed E-state index contributed by atoms with van der Waals surface area (Å²) in [5, 5.41) is 13.1. The Balaban J connectivity index is 1.42. The van der Waals surface area contributed by atoms with E-state index in [1.54, 1.807) is 13.8 Å². The third-order valence-corrected chi connectivity index (χ3v) is 5.31. The molecule has 2 N–H and O–H groups in total. The van der Waals surface area contributed by atoms with E-state index < -0.39 is 5.60 Å². The Morgan fingerprint density at radius 1 is 1.31 bits per heavy atom. The van der Waals surface area contributed by atoms with E-state index in [-0.39, 0.29) is 60.1 Å². The van der Waals surface area contributed by atoms with E-state index in [0.29, 0.717) is 0 Å². The average Bonchev–Trinajstić information content (AvgIpc) is 3.07. The van der Waals surface area contributed by atoms with Gasteiger partial charge in [0.25, 0.3) is 5.91 Å². The summed E-state index contributed by atoms with van der Waals surface area (Å²) in [6.45, 7) is 7.75. The Bertz CT molecular complexity index is 1200. The van der Waals surface area contributed by atoms with Gasteiger partial charge in [-0.2, -0.15) is 0 Å². The molecule has 0 spiro atoms. The molecule has 1 amide bonds. The molecule has 0 atom stereocenters. The van der Waals surface area contributed by atoms with Crippen LogP contribution >= 0.6 is 0 Å². The fourth-order valence-electron chi connectivity index (χ4n) is 4.00. The number of imidazole rings is 1. The van der Waals surface area contributed by atoms with Crippen LogP contribution in [-0.4, -0.2) is 38.6 Å². The lowest BCUT2D eigenvalue weighted by Crippen LogP contribution is -2.36. The summed E-state index contributed by atoms with van der Waals surface area (Å²) in [6, 6.07) is 10.9. The molecule has 3 aromatic rings. The van der Waals surface area contributed by atoms with Crippen LogP contribution in [0.4, 0.5) is 0 Å². The molecule has 1 aliphatic heterocycles. The highest BCUT2D eigenvalue weighted by Crippen LogP contribution is 2.40. The number of ether oxygens (including phenoxy) is 2. The summed E-state index contributed by atoms with van der Waals surface area (Å²) in [7, 11) is 0. The second kappa shape index (κ2) is 8.18.